The maximum absolute atomic E-state index is 14.2. The van der Waals surface area contributed by atoms with Crippen molar-refractivity contribution >= 4 is 34.9 Å². The summed E-state index contributed by atoms with van der Waals surface area (Å²) in [4.78, 5) is 55.6. The standard InChI is InChI=1S/C32H34F3N5O9/c1-39(2)19-11-14(12-37-30(47)38-15-5-7-16(8-6-15)49-32(33,34)35)24(41)21-17(19)9-13-10-18-23(40(3)4)26(43)22(29(36)46)28(45)31(18,48)27(44)20(13)25(21)42/h5-8,11,13,18,23,41,43-44,48H,9-10,12H2,1-4H3,(H2,36,46)(H2,37,38,47). The number of primary amides is 1. The zero-order valence-electron chi connectivity index (χ0n) is 26.7. The van der Waals surface area contributed by atoms with E-state index in [1.165, 1.54) is 31.1 Å². The fraction of sp³-hybridized carbons (Fsp3) is 0.375. The number of nitrogens with two attached hydrogens (primary N) is 1. The van der Waals surface area contributed by atoms with Gasteiger partial charge >= 0.3 is 12.4 Å². The van der Waals surface area contributed by atoms with Gasteiger partial charge in [-0.25, -0.2) is 4.79 Å². The highest BCUT2D eigenvalue weighted by atomic mass is 19.4. The first-order valence-corrected chi connectivity index (χ1v) is 14.9. The van der Waals surface area contributed by atoms with Crippen molar-refractivity contribution in [3.63, 3.8) is 0 Å². The molecule has 3 aliphatic carbocycles. The second kappa shape index (κ2) is 12.3. The molecule has 17 heteroatoms. The molecule has 2 aromatic rings. The Hall–Kier alpha value is -5.29. The number of benzene rings is 2. The molecule has 0 aromatic heterocycles. The summed E-state index contributed by atoms with van der Waals surface area (Å²) in [6.45, 7) is -0.330. The number of aromatic hydroxyl groups is 1. The third-order valence-corrected chi connectivity index (χ3v) is 9.04. The highest BCUT2D eigenvalue weighted by Gasteiger charge is 2.63. The molecule has 0 heterocycles. The van der Waals surface area contributed by atoms with E-state index in [1.807, 2.05) is 0 Å². The maximum atomic E-state index is 14.2. The lowest BCUT2D eigenvalue weighted by atomic mass is 9.58. The largest absolute Gasteiger partial charge is 0.573 e. The molecule has 0 saturated carbocycles. The van der Waals surface area contributed by atoms with Crippen LogP contribution in [-0.4, -0.2) is 95.0 Å². The molecule has 0 bridgehead atoms. The monoisotopic (exact) mass is 689 g/mol. The predicted octanol–water partition coefficient (Wildman–Crippen LogP) is 2.41. The quantitative estimate of drug-likeness (QED) is 0.210. The molecule has 2 aromatic carbocycles. The van der Waals surface area contributed by atoms with Crippen LogP contribution in [0.2, 0.25) is 0 Å². The number of fused-ring (bicyclic) bond motifs is 3. The van der Waals surface area contributed by atoms with Crippen LogP contribution in [0.3, 0.4) is 0 Å². The number of ether oxygens (including phenoxy) is 1. The average Bonchev–Trinajstić information content (AvgIpc) is 2.98. The number of phenols is 1. The summed E-state index contributed by atoms with van der Waals surface area (Å²) in [5.74, 6) is -8.23. The van der Waals surface area contributed by atoms with Gasteiger partial charge in [0.05, 0.1) is 11.6 Å². The highest BCUT2D eigenvalue weighted by molar-refractivity contribution is 6.25. The van der Waals surface area contributed by atoms with Crippen LogP contribution < -0.4 is 26.0 Å². The summed E-state index contributed by atoms with van der Waals surface area (Å²) < 4.78 is 41.1. The van der Waals surface area contributed by atoms with Crippen LogP contribution in [0.5, 0.6) is 11.5 Å². The Bertz CT molecular complexity index is 1820. The Kier molecular flexibility index (Phi) is 8.80. The molecule has 0 radical (unpaired) electrons. The first-order valence-electron chi connectivity index (χ1n) is 14.9. The molecule has 262 valence electrons. The fourth-order valence-electron chi connectivity index (χ4n) is 6.98. The van der Waals surface area contributed by atoms with Crippen LogP contribution >= 0.6 is 0 Å². The van der Waals surface area contributed by atoms with Crippen LogP contribution in [0.25, 0.3) is 0 Å². The zero-order valence-corrected chi connectivity index (χ0v) is 26.7. The van der Waals surface area contributed by atoms with E-state index in [9.17, 15) is 52.8 Å². The lowest BCUT2D eigenvalue weighted by Crippen LogP contribution is -2.63. The number of anilines is 2. The van der Waals surface area contributed by atoms with Gasteiger partial charge in [-0.2, -0.15) is 0 Å². The second-order valence-electron chi connectivity index (χ2n) is 12.5. The number of Topliss-reactive ketones (excluding diaryl/α,β-unsaturated/α-hetero) is 2. The number of amides is 3. The third-order valence-electron chi connectivity index (χ3n) is 9.04. The molecule has 0 saturated heterocycles. The summed E-state index contributed by atoms with van der Waals surface area (Å²) >= 11 is 0. The number of urea groups is 1. The average molecular weight is 690 g/mol. The molecule has 4 atom stereocenters. The highest BCUT2D eigenvalue weighted by Crippen LogP contribution is 2.53. The Morgan fingerprint density at radius 3 is 2.27 bits per heavy atom. The van der Waals surface area contributed by atoms with Crippen molar-refractivity contribution in [3.05, 3.63) is 69.7 Å². The molecule has 49 heavy (non-hydrogen) atoms. The van der Waals surface area contributed by atoms with Gasteiger partial charge in [0.1, 0.15) is 28.6 Å². The Balaban J connectivity index is 1.48. The number of aliphatic hydroxyl groups excluding tert-OH is 2. The zero-order chi connectivity index (χ0) is 36.3. The minimum absolute atomic E-state index is 0.0673. The summed E-state index contributed by atoms with van der Waals surface area (Å²) in [7, 11) is 6.45. The number of alkyl halides is 3. The molecule has 8 N–H and O–H groups in total. The van der Waals surface area contributed by atoms with Gasteiger partial charge in [0.2, 0.25) is 5.78 Å². The molecule has 5 rings (SSSR count). The van der Waals surface area contributed by atoms with E-state index in [1.54, 1.807) is 25.1 Å². The van der Waals surface area contributed by atoms with E-state index in [0.717, 1.165) is 12.1 Å². The van der Waals surface area contributed by atoms with E-state index in [2.05, 4.69) is 15.4 Å². The number of halogens is 3. The van der Waals surface area contributed by atoms with Crippen molar-refractivity contribution in [1.29, 1.82) is 0 Å². The molecule has 3 amide bonds. The van der Waals surface area contributed by atoms with E-state index in [-0.39, 0.29) is 41.8 Å². The molecule has 0 fully saturated rings. The van der Waals surface area contributed by atoms with Gasteiger partial charge in [0, 0.05) is 49.1 Å². The van der Waals surface area contributed by atoms with Crippen molar-refractivity contribution in [3.8, 4) is 11.5 Å². The van der Waals surface area contributed by atoms with E-state index in [0.29, 0.717) is 11.3 Å². The third kappa shape index (κ3) is 5.99. The Morgan fingerprint density at radius 2 is 1.71 bits per heavy atom. The molecule has 14 nitrogen and oxygen atoms in total. The first kappa shape index (κ1) is 35.0. The maximum Gasteiger partial charge on any atom is 0.573 e. The van der Waals surface area contributed by atoms with Crippen molar-refractivity contribution in [2.24, 2.45) is 17.6 Å². The van der Waals surface area contributed by atoms with Crippen molar-refractivity contribution in [2.45, 2.75) is 37.4 Å². The van der Waals surface area contributed by atoms with E-state index < -0.39 is 81.9 Å². The number of allylic oxidation sites excluding steroid dienone is 1. The van der Waals surface area contributed by atoms with Gasteiger partial charge in [-0.1, -0.05) is 0 Å². The molecule has 0 aliphatic heterocycles. The van der Waals surface area contributed by atoms with Gasteiger partial charge in [-0.05, 0) is 68.8 Å². The number of nitrogens with zero attached hydrogens (tertiary/aromatic N) is 2. The van der Waals surface area contributed by atoms with Gasteiger partial charge < -0.3 is 46.4 Å². The number of phenolic OH excluding ortho intramolecular Hbond substituents is 1. The minimum atomic E-state index is -4.89. The number of carbonyl (C=O) groups is 4. The number of rotatable bonds is 7. The van der Waals surface area contributed by atoms with Crippen LogP contribution in [0.4, 0.5) is 29.3 Å². The number of likely N-dealkylation sites (N-methyl/N-ethyl adjacent to an activating group) is 1. The number of hydrogen-bond donors (Lipinski definition) is 7. The van der Waals surface area contributed by atoms with Crippen molar-refractivity contribution < 1.29 is 57.5 Å². The Morgan fingerprint density at radius 1 is 1.08 bits per heavy atom. The number of aliphatic hydroxyl groups is 3. The molecule has 3 aliphatic rings. The van der Waals surface area contributed by atoms with Gasteiger partial charge in [-0.15, -0.1) is 13.2 Å². The SMILES string of the molecule is CN(C)c1cc(CNC(=O)Nc2ccc(OC(F)(F)F)cc2)c(O)c2c1CC1CC3C(N(C)C)C(O)=C(C(N)=O)C(=O)C3(O)C(O)=C1C2=O. The number of nitrogens with one attached hydrogen (secondary N) is 2. The fourth-order valence-corrected chi connectivity index (χ4v) is 6.98. The van der Waals surface area contributed by atoms with Gasteiger partial charge in [-0.3, -0.25) is 19.3 Å². The Labute approximate surface area is 277 Å². The molecular weight excluding hydrogens is 655 g/mol. The van der Waals surface area contributed by atoms with Gasteiger partial charge in [0.15, 0.2) is 11.4 Å². The van der Waals surface area contributed by atoms with Crippen LogP contribution in [0.1, 0.15) is 27.9 Å². The summed E-state index contributed by atoms with van der Waals surface area (Å²) in [5.41, 5.74) is 2.20. The number of hydrogen-bond acceptors (Lipinski definition) is 11. The van der Waals surface area contributed by atoms with Gasteiger partial charge in [0.25, 0.3) is 5.91 Å². The molecular formula is C32H34F3N5O9. The molecule has 0 spiro atoms. The van der Waals surface area contributed by atoms with Crippen LogP contribution in [0.15, 0.2) is 53.0 Å². The van der Waals surface area contributed by atoms with Crippen molar-refractivity contribution in [2.75, 3.05) is 38.4 Å². The summed E-state index contributed by atoms with van der Waals surface area (Å²) in [6, 6.07) is 4.00. The number of ketones is 2. The summed E-state index contributed by atoms with van der Waals surface area (Å²) in [5, 5.41) is 50.6. The molecule has 4 unspecified atom stereocenters. The lowest BCUT2D eigenvalue weighted by molar-refractivity contribution is -0.274. The smallest absolute Gasteiger partial charge is 0.510 e. The second-order valence-corrected chi connectivity index (χ2v) is 12.5. The van der Waals surface area contributed by atoms with Crippen molar-refractivity contribution in [1.82, 2.24) is 10.2 Å². The van der Waals surface area contributed by atoms with Crippen LogP contribution in [-0.2, 0) is 22.6 Å². The summed E-state index contributed by atoms with van der Waals surface area (Å²) in [6.07, 6.45) is -4.90. The lowest BCUT2D eigenvalue weighted by Gasteiger charge is -2.50. The number of carbonyl (C=O) groups excluding carboxylic acids is 4. The topological polar surface area (TPSA) is 215 Å². The first-order chi connectivity index (χ1) is 22.8. The van der Waals surface area contributed by atoms with Crippen LogP contribution in [0, 0.1) is 11.8 Å². The van der Waals surface area contributed by atoms with E-state index >= 15 is 0 Å². The predicted molar refractivity (Wildman–Crippen MR) is 167 cm³/mol. The van der Waals surface area contributed by atoms with E-state index in [4.69, 9.17) is 5.73 Å². The minimum Gasteiger partial charge on any atom is -0.510 e. The normalized spacial score (nSPS) is 23.5.